The smallest absolute Gasteiger partial charge is 0.336 e. The quantitative estimate of drug-likeness (QED) is 0.411. The zero-order valence-electron chi connectivity index (χ0n) is 15.2. The number of carbonyl (C=O) groups is 1. The van der Waals surface area contributed by atoms with Crippen LogP contribution in [0.4, 0.5) is 0 Å². The summed E-state index contributed by atoms with van der Waals surface area (Å²) < 4.78 is 4.90. The normalized spacial score (nSPS) is 46.2. The van der Waals surface area contributed by atoms with E-state index in [0.717, 1.165) is 24.8 Å². The van der Waals surface area contributed by atoms with Crippen molar-refractivity contribution in [3.63, 3.8) is 0 Å². The second-order valence-corrected chi connectivity index (χ2v) is 8.54. The molecule has 0 amide bonds. The van der Waals surface area contributed by atoms with E-state index >= 15 is 0 Å². The van der Waals surface area contributed by atoms with Crippen molar-refractivity contribution >= 4 is 5.97 Å². The van der Waals surface area contributed by atoms with E-state index in [1.54, 1.807) is 0 Å². The van der Waals surface area contributed by atoms with Crippen LogP contribution >= 0.6 is 0 Å². The number of aliphatic hydroxyl groups excluding tert-OH is 3. The number of cyclic esters (lactones) is 1. The first-order chi connectivity index (χ1) is 11.7. The summed E-state index contributed by atoms with van der Waals surface area (Å²) in [5.74, 6) is -0.0734. The van der Waals surface area contributed by atoms with Crippen LogP contribution in [-0.2, 0) is 9.53 Å². The van der Waals surface area contributed by atoms with Crippen LogP contribution in [-0.4, -0.2) is 46.7 Å². The first-order valence-corrected chi connectivity index (χ1v) is 9.26. The maximum absolute atomic E-state index is 11.8. The molecular weight excluding hydrogens is 320 g/mol. The average Bonchev–Trinajstić information content (AvgIpc) is 2.89. The van der Waals surface area contributed by atoms with Crippen molar-refractivity contribution in [3.05, 3.63) is 23.8 Å². The summed E-state index contributed by atoms with van der Waals surface area (Å²) in [5, 5.41) is 30.4. The van der Waals surface area contributed by atoms with Gasteiger partial charge in [0.25, 0.3) is 0 Å². The molecule has 25 heavy (non-hydrogen) atoms. The van der Waals surface area contributed by atoms with E-state index in [9.17, 15) is 20.1 Å². The number of ether oxygens (including phenoxy) is 1. The third kappa shape index (κ3) is 2.86. The second kappa shape index (κ2) is 6.53. The highest BCUT2D eigenvalue weighted by Gasteiger charge is 2.57. The number of carbonyl (C=O) groups excluding carboxylic acids is 1. The Labute approximate surface area is 149 Å². The second-order valence-electron chi connectivity index (χ2n) is 8.54. The van der Waals surface area contributed by atoms with Gasteiger partial charge >= 0.3 is 5.97 Å². The van der Waals surface area contributed by atoms with E-state index in [1.807, 2.05) is 13.0 Å². The van der Waals surface area contributed by atoms with E-state index in [1.165, 1.54) is 0 Å². The molecule has 0 aromatic carbocycles. The number of hydrogen-bond donors (Lipinski definition) is 3. The van der Waals surface area contributed by atoms with Gasteiger partial charge in [-0.3, -0.25) is 0 Å². The van der Waals surface area contributed by atoms with Crippen molar-refractivity contribution in [1.29, 1.82) is 0 Å². The molecule has 0 bridgehead atoms. The Bertz CT molecular complexity index is 597. The van der Waals surface area contributed by atoms with Gasteiger partial charge in [-0.05, 0) is 49.4 Å². The first-order valence-electron chi connectivity index (χ1n) is 9.26. The molecule has 140 valence electrons. The topological polar surface area (TPSA) is 87.0 Å². The standard InChI is InChI=1S/C20H30O5/c1-12-4-7-16-19(2,9-8-17(23)20(16,3)11-21)14(12)6-5-13-15(22)10-25-18(13)24/h5,14-17,21-23H,1,4,6-11H2,2-3H3/t14?,15-,16?,17-,19?,20+/m1/s1. The molecular formula is C20H30O5. The molecule has 3 unspecified atom stereocenters. The largest absolute Gasteiger partial charge is 0.459 e. The maximum Gasteiger partial charge on any atom is 0.336 e. The van der Waals surface area contributed by atoms with Crippen molar-refractivity contribution in [2.24, 2.45) is 22.7 Å². The zero-order valence-corrected chi connectivity index (χ0v) is 15.2. The summed E-state index contributed by atoms with van der Waals surface area (Å²) in [6.45, 7) is 8.50. The predicted octanol–water partition coefficient (Wildman–Crippen LogP) is 1.96. The van der Waals surface area contributed by atoms with Crippen molar-refractivity contribution in [2.75, 3.05) is 13.2 Å². The summed E-state index contributed by atoms with van der Waals surface area (Å²) in [6, 6.07) is 0. The Balaban J connectivity index is 1.89. The van der Waals surface area contributed by atoms with Gasteiger partial charge < -0.3 is 20.1 Å². The molecule has 3 fully saturated rings. The molecule has 1 aliphatic heterocycles. The van der Waals surface area contributed by atoms with Gasteiger partial charge in [-0.1, -0.05) is 32.1 Å². The van der Waals surface area contributed by atoms with E-state index in [4.69, 9.17) is 4.74 Å². The van der Waals surface area contributed by atoms with Crippen LogP contribution in [0.2, 0.25) is 0 Å². The van der Waals surface area contributed by atoms with Gasteiger partial charge in [0, 0.05) is 5.41 Å². The number of rotatable bonds is 3. The van der Waals surface area contributed by atoms with Crippen molar-refractivity contribution < 1.29 is 24.9 Å². The molecule has 1 saturated heterocycles. The molecule has 2 saturated carbocycles. The predicted molar refractivity (Wildman–Crippen MR) is 93.6 cm³/mol. The Morgan fingerprint density at radius 1 is 1.32 bits per heavy atom. The van der Waals surface area contributed by atoms with Crippen LogP contribution in [0.15, 0.2) is 23.8 Å². The molecule has 6 atom stereocenters. The van der Waals surface area contributed by atoms with Gasteiger partial charge in [0.1, 0.15) is 12.7 Å². The summed E-state index contributed by atoms with van der Waals surface area (Å²) >= 11 is 0. The zero-order chi connectivity index (χ0) is 18.4. The summed E-state index contributed by atoms with van der Waals surface area (Å²) in [5.41, 5.74) is 0.911. The fraction of sp³-hybridized carbons (Fsp3) is 0.750. The lowest BCUT2D eigenvalue weighted by Crippen LogP contribution is -2.57. The minimum Gasteiger partial charge on any atom is -0.459 e. The SMILES string of the molecule is C=C1CCC2C(C)(CC[C@@H](O)[C@@]2(C)CO)C1CC=C1C(=O)OC[C@H]1O. The Morgan fingerprint density at radius 2 is 2.04 bits per heavy atom. The fourth-order valence-electron chi connectivity index (χ4n) is 5.56. The molecule has 2 aliphatic carbocycles. The Morgan fingerprint density at radius 3 is 2.64 bits per heavy atom. The third-order valence-corrected chi connectivity index (χ3v) is 7.23. The Kier molecular flexibility index (Phi) is 4.86. The minimum atomic E-state index is -0.844. The van der Waals surface area contributed by atoms with Crippen LogP contribution in [0.1, 0.15) is 46.0 Å². The number of allylic oxidation sites excluding steroid dienone is 2. The van der Waals surface area contributed by atoms with E-state index < -0.39 is 23.6 Å². The molecule has 1 heterocycles. The van der Waals surface area contributed by atoms with Crippen molar-refractivity contribution in [1.82, 2.24) is 0 Å². The number of aliphatic hydroxyl groups is 3. The Hall–Kier alpha value is -1.17. The van der Waals surface area contributed by atoms with E-state index in [-0.39, 0.29) is 30.5 Å². The summed E-state index contributed by atoms with van der Waals surface area (Å²) in [6.07, 6.45) is 4.42. The lowest BCUT2D eigenvalue weighted by atomic mass is 9.46. The maximum atomic E-state index is 11.8. The third-order valence-electron chi connectivity index (χ3n) is 7.23. The van der Waals surface area contributed by atoms with Crippen LogP contribution in [0.5, 0.6) is 0 Å². The molecule has 0 radical (unpaired) electrons. The van der Waals surface area contributed by atoms with Gasteiger partial charge in [-0.15, -0.1) is 0 Å². The van der Waals surface area contributed by atoms with Gasteiger partial charge in [-0.25, -0.2) is 4.79 Å². The van der Waals surface area contributed by atoms with Crippen molar-refractivity contribution in [3.8, 4) is 0 Å². The lowest BCUT2D eigenvalue weighted by molar-refractivity contribution is -0.151. The summed E-state index contributed by atoms with van der Waals surface area (Å²) in [4.78, 5) is 11.8. The minimum absolute atomic E-state index is 0.0280. The molecule has 3 rings (SSSR count). The van der Waals surface area contributed by atoms with Crippen LogP contribution in [0, 0.1) is 22.7 Å². The highest BCUT2D eigenvalue weighted by atomic mass is 16.6. The molecule has 3 N–H and O–H groups in total. The monoisotopic (exact) mass is 350 g/mol. The van der Waals surface area contributed by atoms with Gasteiger partial charge in [0.15, 0.2) is 0 Å². The van der Waals surface area contributed by atoms with E-state index in [0.29, 0.717) is 18.4 Å². The highest BCUT2D eigenvalue weighted by molar-refractivity contribution is 5.91. The van der Waals surface area contributed by atoms with E-state index in [2.05, 4.69) is 13.5 Å². The molecule has 0 spiro atoms. The number of esters is 1. The van der Waals surface area contributed by atoms with Crippen molar-refractivity contribution in [2.45, 2.75) is 58.2 Å². The van der Waals surface area contributed by atoms with Crippen LogP contribution in [0.25, 0.3) is 0 Å². The number of hydrogen-bond acceptors (Lipinski definition) is 5. The van der Waals surface area contributed by atoms with Crippen LogP contribution in [0.3, 0.4) is 0 Å². The first kappa shape index (κ1) is 18.6. The van der Waals surface area contributed by atoms with Gasteiger partial charge in [0.2, 0.25) is 0 Å². The number of fused-ring (bicyclic) bond motifs is 1. The van der Waals surface area contributed by atoms with Gasteiger partial charge in [0.05, 0.1) is 18.3 Å². The molecule has 3 aliphatic rings. The van der Waals surface area contributed by atoms with Crippen LogP contribution < -0.4 is 0 Å². The molecule has 5 heteroatoms. The lowest BCUT2D eigenvalue weighted by Gasteiger charge is -2.59. The molecule has 0 aromatic rings. The van der Waals surface area contributed by atoms with Gasteiger partial charge in [-0.2, -0.15) is 0 Å². The fourth-order valence-corrected chi connectivity index (χ4v) is 5.56. The highest BCUT2D eigenvalue weighted by Crippen LogP contribution is 2.61. The molecule has 0 aromatic heterocycles. The summed E-state index contributed by atoms with van der Waals surface area (Å²) in [7, 11) is 0. The molecule has 5 nitrogen and oxygen atoms in total. The average molecular weight is 350 g/mol.